The Morgan fingerprint density at radius 1 is 1.00 bits per heavy atom. The number of hydrogen-bond donors (Lipinski definition) is 1. The number of anilines is 1. The van der Waals surface area contributed by atoms with E-state index >= 15 is 0 Å². The van der Waals surface area contributed by atoms with Crippen molar-refractivity contribution in [2.45, 2.75) is 6.92 Å². The average molecular weight is 353 g/mol. The number of carbonyl (C=O) groups excluding carboxylic acids is 3. The molecule has 0 radical (unpaired) electrons. The maximum Gasteiger partial charge on any atom is 0.274 e. The van der Waals surface area contributed by atoms with E-state index in [9.17, 15) is 14.4 Å². The maximum absolute atomic E-state index is 12.5. The van der Waals surface area contributed by atoms with Crippen molar-refractivity contribution in [3.63, 3.8) is 0 Å². The molecule has 0 aliphatic carbocycles. The molecule has 3 rings (SSSR count). The van der Waals surface area contributed by atoms with Crippen LogP contribution in [-0.2, 0) is 4.74 Å². The Bertz CT molecular complexity index is 827. The standard InChI is InChI=1S/C19H19N3O4/c1-13(23)14-5-7-15(8-6-14)20-18(24)16-3-2-4-17(21-16)19(25)22-9-11-26-12-10-22/h2-8H,9-12H2,1H3,(H,20,24). The molecule has 1 fully saturated rings. The molecule has 1 aromatic heterocycles. The minimum Gasteiger partial charge on any atom is -0.378 e. The number of ether oxygens (including phenoxy) is 1. The molecule has 2 heterocycles. The highest BCUT2D eigenvalue weighted by molar-refractivity contribution is 6.04. The van der Waals surface area contributed by atoms with Gasteiger partial charge in [-0.1, -0.05) is 6.07 Å². The van der Waals surface area contributed by atoms with E-state index in [0.717, 1.165) is 0 Å². The number of carbonyl (C=O) groups is 3. The van der Waals surface area contributed by atoms with Crippen LogP contribution in [0.4, 0.5) is 5.69 Å². The quantitative estimate of drug-likeness (QED) is 0.850. The van der Waals surface area contributed by atoms with Gasteiger partial charge in [-0.3, -0.25) is 14.4 Å². The first-order chi connectivity index (χ1) is 12.5. The third-order valence-corrected chi connectivity index (χ3v) is 4.05. The van der Waals surface area contributed by atoms with E-state index in [0.29, 0.717) is 37.6 Å². The summed E-state index contributed by atoms with van der Waals surface area (Å²) in [4.78, 5) is 42.0. The lowest BCUT2D eigenvalue weighted by molar-refractivity contribution is 0.0299. The van der Waals surface area contributed by atoms with Gasteiger partial charge in [0.2, 0.25) is 0 Å². The van der Waals surface area contributed by atoms with Crippen LogP contribution in [0, 0.1) is 0 Å². The predicted molar refractivity (Wildman–Crippen MR) is 95.4 cm³/mol. The number of ketones is 1. The summed E-state index contributed by atoms with van der Waals surface area (Å²) in [6.07, 6.45) is 0. The number of rotatable bonds is 4. The van der Waals surface area contributed by atoms with Crippen LogP contribution >= 0.6 is 0 Å². The highest BCUT2D eigenvalue weighted by atomic mass is 16.5. The van der Waals surface area contributed by atoms with E-state index in [2.05, 4.69) is 10.3 Å². The molecule has 0 atom stereocenters. The predicted octanol–water partition coefficient (Wildman–Crippen LogP) is 2.01. The number of hydrogen-bond acceptors (Lipinski definition) is 5. The Kier molecular flexibility index (Phi) is 5.38. The average Bonchev–Trinajstić information content (AvgIpc) is 2.68. The molecule has 2 amide bonds. The van der Waals surface area contributed by atoms with Gasteiger partial charge in [0.05, 0.1) is 13.2 Å². The molecule has 7 nitrogen and oxygen atoms in total. The van der Waals surface area contributed by atoms with Crippen molar-refractivity contribution in [3.8, 4) is 0 Å². The molecule has 1 aromatic carbocycles. The summed E-state index contributed by atoms with van der Waals surface area (Å²) in [5.41, 5.74) is 1.50. The van der Waals surface area contributed by atoms with Gasteiger partial charge < -0.3 is 15.0 Å². The Morgan fingerprint density at radius 3 is 2.31 bits per heavy atom. The molecule has 0 bridgehead atoms. The van der Waals surface area contributed by atoms with Crippen LogP contribution in [0.3, 0.4) is 0 Å². The topological polar surface area (TPSA) is 88.6 Å². The minimum atomic E-state index is -0.419. The third kappa shape index (κ3) is 4.12. The second kappa shape index (κ2) is 7.88. The van der Waals surface area contributed by atoms with E-state index < -0.39 is 5.91 Å². The Labute approximate surface area is 151 Å². The zero-order chi connectivity index (χ0) is 18.5. The highest BCUT2D eigenvalue weighted by Crippen LogP contribution is 2.12. The van der Waals surface area contributed by atoms with Gasteiger partial charge >= 0.3 is 0 Å². The van der Waals surface area contributed by atoms with Gasteiger partial charge in [-0.05, 0) is 43.3 Å². The molecule has 0 spiro atoms. The number of benzene rings is 1. The number of nitrogens with zero attached hydrogens (tertiary/aromatic N) is 2. The largest absolute Gasteiger partial charge is 0.378 e. The van der Waals surface area contributed by atoms with Crippen LogP contribution in [0.25, 0.3) is 0 Å². The third-order valence-electron chi connectivity index (χ3n) is 4.05. The lowest BCUT2D eigenvalue weighted by Crippen LogP contribution is -2.41. The molecule has 0 saturated carbocycles. The molecule has 1 saturated heterocycles. The Morgan fingerprint density at radius 2 is 1.65 bits per heavy atom. The summed E-state index contributed by atoms with van der Waals surface area (Å²) in [5.74, 6) is -0.676. The number of amides is 2. The molecule has 26 heavy (non-hydrogen) atoms. The monoisotopic (exact) mass is 353 g/mol. The normalized spacial score (nSPS) is 14.0. The van der Waals surface area contributed by atoms with Crippen molar-refractivity contribution in [3.05, 3.63) is 59.4 Å². The maximum atomic E-state index is 12.5. The van der Waals surface area contributed by atoms with E-state index in [1.165, 1.54) is 6.92 Å². The molecule has 2 aromatic rings. The van der Waals surface area contributed by atoms with Crippen molar-refractivity contribution in [2.24, 2.45) is 0 Å². The van der Waals surface area contributed by atoms with Gasteiger partial charge in [0, 0.05) is 24.3 Å². The lowest BCUT2D eigenvalue weighted by atomic mass is 10.1. The van der Waals surface area contributed by atoms with Gasteiger partial charge in [-0.15, -0.1) is 0 Å². The SMILES string of the molecule is CC(=O)c1ccc(NC(=O)c2cccc(C(=O)N3CCOCC3)n2)cc1. The van der Waals surface area contributed by atoms with Crippen LogP contribution < -0.4 is 5.32 Å². The molecular formula is C19H19N3O4. The first-order valence-corrected chi connectivity index (χ1v) is 8.31. The van der Waals surface area contributed by atoms with Crippen molar-refractivity contribution < 1.29 is 19.1 Å². The second-order valence-electron chi connectivity index (χ2n) is 5.90. The van der Waals surface area contributed by atoms with Crippen molar-refractivity contribution in [2.75, 3.05) is 31.6 Å². The molecule has 1 aliphatic heterocycles. The number of nitrogens with one attached hydrogen (secondary N) is 1. The van der Waals surface area contributed by atoms with Crippen LogP contribution in [0.2, 0.25) is 0 Å². The van der Waals surface area contributed by atoms with E-state index in [-0.39, 0.29) is 23.1 Å². The van der Waals surface area contributed by atoms with Crippen LogP contribution in [0.5, 0.6) is 0 Å². The summed E-state index contributed by atoms with van der Waals surface area (Å²) < 4.78 is 5.24. The zero-order valence-electron chi connectivity index (χ0n) is 14.4. The van der Waals surface area contributed by atoms with Crippen molar-refractivity contribution in [1.82, 2.24) is 9.88 Å². The van der Waals surface area contributed by atoms with Gasteiger partial charge in [0.15, 0.2) is 5.78 Å². The summed E-state index contributed by atoms with van der Waals surface area (Å²) in [6.45, 7) is 3.51. The number of morpholine rings is 1. The highest BCUT2D eigenvalue weighted by Gasteiger charge is 2.20. The smallest absolute Gasteiger partial charge is 0.274 e. The lowest BCUT2D eigenvalue weighted by Gasteiger charge is -2.26. The number of aromatic nitrogens is 1. The summed E-state index contributed by atoms with van der Waals surface area (Å²) in [7, 11) is 0. The number of Topliss-reactive ketones (excluding diaryl/α,β-unsaturated/α-hetero) is 1. The summed E-state index contributed by atoms with van der Waals surface area (Å²) in [5, 5.41) is 2.71. The van der Waals surface area contributed by atoms with Crippen LogP contribution in [0.15, 0.2) is 42.5 Å². The minimum absolute atomic E-state index is 0.0427. The fraction of sp³-hybridized carbons (Fsp3) is 0.263. The number of pyridine rings is 1. The van der Waals surface area contributed by atoms with Crippen molar-refractivity contribution >= 4 is 23.3 Å². The van der Waals surface area contributed by atoms with Crippen molar-refractivity contribution in [1.29, 1.82) is 0 Å². The van der Waals surface area contributed by atoms with E-state index in [4.69, 9.17) is 4.74 Å². The summed E-state index contributed by atoms with van der Waals surface area (Å²) in [6, 6.07) is 11.4. The zero-order valence-corrected chi connectivity index (χ0v) is 14.4. The van der Waals surface area contributed by atoms with Gasteiger partial charge in [-0.2, -0.15) is 0 Å². The van der Waals surface area contributed by atoms with Gasteiger partial charge in [0.1, 0.15) is 11.4 Å². The van der Waals surface area contributed by atoms with Gasteiger partial charge in [-0.25, -0.2) is 4.98 Å². The van der Waals surface area contributed by atoms with Crippen LogP contribution in [-0.4, -0.2) is 53.8 Å². The summed E-state index contributed by atoms with van der Waals surface area (Å²) >= 11 is 0. The fourth-order valence-electron chi connectivity index (χ4n) is 2.59. The molecule has 7 heteroatoms. The fourth-order valence-corrected chi connectivity index (χ4v) is 2.59. The van der Waals surface area contributed by atoms with E-state index in [1.807, 2.05) is 0 Å². The molecule has 1 N–H and O–H groups in total. The van der Waals surface area contributed by atoms with Crippen LogP contribution in [0.1, 0.15) is 38.3 Å². The first kappa shape index (κ1) is 17.8. The molecular weight excluding hydrogens is 334 g/mol. The molecule has 0 unspecified atom stereocenters. The Balaban J connectivity index is 1.71. The first-order valence-electron chi connectivity index (χ1n) is 8.31. The van der Waals surface area contributed by atoms with E-state index in [1.54, 1.807) is 47.4 Å². The van der Waals surface area contributed by atoms with Gasteiger partial charge in [0.25, 0.3) is 11.8 Å². The second-order valence-corrected chi connectivity index (χ2v) is 5.90. The Hall–Kier alpha value is -3.06. The molecule has 134 valence electrons. The molecule has 1 aliphatic rings.